The third-order valence-electron chi connectivity index (χ3n) is 2.93. The van der Waals surface area contributed by atoms with E-state index in [1.54, 1.807) is 0 Å². The van der Waals surface area contributed by atoms with Gasteiger partial charge in [0.1, 0.15) is 6.61 Å². The van der Waals surface area contributed by atoms with E-state index in [-0.39, 0.29) is 12.1 Å². The Hall–Kier alpha value is -1.79. The molecule has 3 heteroatoms. The zero-order chi connectivity index (χ0) is 15.3. The van der Waals surface area contributed by atoms with Gasteiger partial charge < -0.3 is 9.47 Å². The van der Waals surface area contributed by atoms with E-state index in [2.05, 4.69) is 18.8 Å². The van der Waals surface area contributed by atoms with Crippen LogP contribution in [0, 0.1) is 11.8 Å². The predicted octanol–water partition coefficient (Wildman–Crippen LogP) is 3.72. The number of carbonyl (C=O) groups is 1. The van der Waals surface area contributed by atoms with Crippen LogP contribution in [0.2, 0.25) is 0 Å². The van der Waals surface area contributed by atoms with Crippen LogP contribution in [0.25, 0.3) is 0 Å². The normalized spacial score (nSPS) is 11.3. The van der Waals surface area contributed by atoms with Crippen LogP contribution < -0.4 is 0 Å². The Bertz CT molecular complexity index is 456. The largest absolute Gasteiger partial charge is 0.449 e. The van der Waals surface area contributed by atoms with Gasteiger partial charge in [-0.3, -0.25) is 4.79 Å². The number of hydrogen-bond donors (Lipinski definition) is 0. The molecule has 0 aliphatic rings. The average Bonchev–Trinajstić information content (AvgIpc) is 2.47. The monoisotopic (exact) mass is 288 g/mol. The maximum absolute atomic E-state index is 11.0. The van der Waals surface area contributed by atoms with Crippen molar-refractivity contribution in [3.63, 3.8) is 0 Å². The van der Waals surface area contributed by atoms with Crippen molar-refractivity contribution in [2.45, 2.75) is 52.2 Å². The molecule has 1 aromatic carbocycles. The van der Waals surface area contributed by atoms with E-state index in [0.717, 1.165) is 31.2 Å². The first-order valence-corrected chi connectivity index (χ1v) is 7.49. The molecule has 0 heterocycles. The summed E-state index contributed by atoms with van der Waals surface area (Å²) in [5.74, 6) is 5.64. The summed E-state index contributed by atoms with van der Waals surface area (Å²) in [4.78, 5) is 11.0. The fourth-order valence-electron chi connectivity index (χ4n) is 1.89. The van der Waals surface area contributed by atoms with Gasteiger partial charge in [0, 0.05) is 6.92 Å². The van der Waals surface area contributed by atoms with Gasteiger partial charge in [0.15, 0.2) is 6.10 Å². The van der Waals surface area contributed by atoms with Crippen molar-refractivity contribution in [2.24, 2.45) is 0 Å². The Balaban J connectivity index is 2.31. The van der Waals surface area contributed by atoms with E-state index in [1.807, 2.05) is 30.3 Å². The number of unbranched alkanes of at least 4 members (excludes halogenated alkanes) is 2. The highest BCUT2D eigenvalue weighted by molar-refractivity contribution is 5.66. The number of rotatable bonds is 8. The van der Waals surface area contributed by atoms with Gasteiger partial charge in [0.05, 0.1) is 6.61 Å². The second-order valence-corrected chi connectivity index (χ2v) is 4.89. The molecule has 0 saturated carbocycles. The first kappa shape index (κ1) is 17.3. The third-order valence-corrected chi connectivity index (χ3v) is 2.93. The van der Waals surface area contributed by atoms with E-state index >= 15 is 0 Å². The molecule has 1 rings (SSSR count). The van der Waals surface area contributed by atoms with Gasteiger partial charge in [-0.25, -0.2) is 0 Å². The van der Waals surface area contributed by atoms with E-state index < -0.39 is 0 Å². The highest BCUT2D eigenvalue weighted by Gasteiger charge is 2.07. The lowest BCUT2D eigenvalue weighted by Crippen LogP contribution is -2.14. The van der Waals surface area contributed by atoms with Crippen molar-refractivity contribution in [1.82, 2.24) is 0 Å². The van der Waals surface area contributed by atoms with Crippen molar-refractivity contribution in [3.8, 4) is 11.8 Å². The number of hydrogen-bond acceptors (Lipinski definition) is 3. The van der Waals surface area contributed by atoms with E-state index in [0.29, 0.717) is 13.2 Å². The maximum Gasteiger partial charge on any atom is 0.303 e. The van der Waals surface area contributed by atoms with Crippen molar-refractivity contribution < 1.29 is 14.3 Å². The molecule has 114 valence electrons. The van der Waals surface area contributed by atoms with Crippen molar-refractivity contribution in [3.05, 3.63) is 35.9 Å². The molecule has 0 fully saturated rings. The quantitative estimate of drug-likeness (QED) is 0.415. The molecule has 1 atom stereocenters. The molecule has 21 heavy (non-hydrogen) atoms. The topological polar surface area (TPSA) is 35.5 Å². The van der Waals surface area contributed by atoms with Crippen LogP contribution >= 0.6 is 0 Å². The molecule has 0 spiro atoms. The standard InChI is InChI=1S/C18H24O3/c1-3-4-6-12-18(21-16(2)19)13-9-14-20-15-17-10-7-5-8-11-17/h5,7-8,10-11,18H,3-4,6,12,14-15H2,1-2H3/t18-/m1/s1. The Morgan fingerprint density at radius 3 is 2.67 bits per heavy atom. The molecule has 1 aromatic rings. The van der Waals surface area contributed by atoms with Gasteiger partial charge >= 0.3 is 5.97 Å². The lowest BCUT2D eigenvalue weighted by Gasteiger charge is -2.10. The van der Waals surface area contributed by atoms with Crippen LogP contribution in [0.3, 0.4) is 0 Å². The summed E-state index contributed by atoms with van der Waals surface area (Å²) in [5, 5.41) is 0. The van der Waals surface area contributed by atoms with Crippen LogP contribution in [-0.2, 0) is 20.9 Å². The molecular weight excluding hydrogens is 264 g/mol. The summed E-state index contributed by atoms with van der Waals surface area (Å²) in [5.41, 5.74) is 1.12. The first-order valence-electron chi connectivity index (χ1n) is 7.49. The van der Waals surface area contributed by atoms with Crippen LogP contribution in [0.1, 0.15) is 45.1 Å². The maximum atomic E-state index is 11.0. The zero-order valence-corrected chi connectivity index (χ0v) is 12.9. The predicted molar refractivity (Wildman–Crippen MR) is 83.6 cm³/mol. The molecule has 0 bridgehead atoms. The molecule has 0 amide bonds. The fourth-order valence-corrected chi connectivity index (χ4v) is 1.89. The van der Waals surface area contributed by atoms with Gasteiger partial charge in [-0.2, -0.15) is 0 Å². The number of benzene rings is 1. The molecule has 0 aromatic heterocycles. The minimum absolute atomic E-state index is 0.281. The third kappa shape index (κ3) is 8.88. The Morgan fingerprint density at radius 1 is 1.24 bits per heavy atom. The van der Waals surface area contributed by atoms with Gasteiger partial charge in [-0.15, -0.1) is 0 Å². The summed E-state index contributed by atoms with van der Waals surface area (Å²) < 4.78 is 10.7. The lowest BCUT2D eigenvalue weighted by molar-refractivity contribution is -0.144. The summed E-state index contributed by atoms with van der Waals surface area (Å²) in [6.07, 6.45) is 3.77. The van der Waals surface area contributed by atoms with Crippen LogP contribution in [0.15, 0.2) is 30.3 Å². The number of ether oxygens (including phenoxy) is 2. The van der Waals surface area contributed by atoms with Gasteiger partial charge in [0.2, 0.25) is 0 Å². The molecule has 0 radical (unpaired) electrons. The van der Waals surface area contributed by atoms with Crippen LogP contribution in [0.4, 0.5) is 0 Å². The zero-order valence-electron chi connectivity index (χ0n) is 12.9. The molecule has 0 unspecified atom stereocenters. The fraction of sp³-hybridized carbons (Fsp3) is 0.500. The van der Waals surface area contributed by atoms with Crippen LogP contribution in [0.5, 0.6) is 0 Å². The molecular formula is C18H24O3. The van der Waals surface area contributed by atoms with Crippen molar-refractivity contribution in [2.75, 3.05) is 6.61 Å². The van der Waals surface area contributed by atoms with E-state index in [1.165, 1.54) is 6.92 Å². The van der Waals surface area contributed by atoms with Crippen molar-refractivity contribution >= 4 is 5.97 Å². The lowest BCUT2D eigenvalue weighted by atomic mass is 10.1. The van der Waals surface area contributed by atoms with Gasteiger partial charge in [0.25, 0.3) is 0 Å². The minimum Gasteiger partial charge on any atom is -0.449 e. The van der Waals surface area contributed by atoms with Gasteiger partial charge in [-0.1, -0.05) is 61.9 Å². The second-order valence-electron chi connectivity index (χ2n) is 4.89. The number of esters is 1. The Kier molecular flexibility index (Phi) is 8.99. The molecule has 0 aliphatic carbocycles. The van der Waals surface area contributed by atoms with Crippen molar-refractivity contribution in [1.29, 1.82) is 0 Å². The average molecular weight is 288 g/mol. The second kappa shape index (κ2) is 10.9. The highest BCUT2D eigenvalue weighted by atomic mass is 16.5. The molecule has 3 nitrogen and oxygen atoms in total. The SMILES string of the molecule is CCCCC[C@H](C#CCOCc1ccccc1)OC(C)=O. The first-order chi connectivity index (χ1) is 10.2. The molecule has 0 N–H and O–H groups in total. The highest BCUT2D eigenvalue weighted by Crippen LogP contribution is 2.06. The summed E-state index contributed by atoms with van der Waals surface area (Å²) in [6.45, 7) is 4.45. The number of carbonyl (C=O) groups excluding carboxylic acids is 1. The molecule has 0 saturated heterocycles. The summed E-state index contributed by atoms with van der Waals surface area (Å²) in [7, 11) is 0. The van der Waals surface area contributed by atoms with E-state index in [4.69, 9.17) is 9.47 Å². The Morgan fingerprint density at radius 2 is 2.00 bits per heavy atom. The van der Waals surface area contributed by atoms with Crippen LogP contribution in [-0.4, -0.2) is 18.7 Å². The summed E-state index contributed by atoms with van der Waals surface area (Å²) >= 11 is 0. The molecule has 0 aliphatic heterocycles. The van der Waals surface area contributed by atoms with Gasteiger partial charge in [-0.05, 0) is 18.4 Å². The summed E-state index contributed by atoms with van der Waals surface area (Å²) in [6, 6.07) is 9.96. The minimum atomic E-state index is -0.311. The Labute approximate surface area is 127 Å². The van der Waals surface area contributed by atoms with E-state index in [9.17, 15) is 4.79 Å². The smallest absolute Gasteiger partial charge is 0.303 e.